The highest BCUT2D eigenvalue weighted by molar-refractivity contribution is 7.86. The molecule has 0 radical (unpaired) electrons. The molecule has 2 aromatic rings. The molecule has 0 spiro atoms. The molecule has 6 nitrogen and oxygen atoms in total. The van der Waals surface area contributed by atoms with Crippen LogP contribution in [0.1, 0.15) is 18.0 Å². The van der Waals surface area contributed by atoms with Gasteiger partial charge in [-0.15, -0.1) is 0 Å². The Bertz CT molecular complexity index is 716. The molecule has 0 fully saturated rings. The molecule has 0 aliphatic carbocycles. The summed E-state index contributed by atoms with van der Waals surface area (Å²) in [5.74, 6) is 0. The van der Waals surface area contributed by atoms with Crippen molar-refractivity contribution < 1.29 is 17.5 Å². The SMILES string of the molecule is O=[N+]([O-])C(CCOS(=O)(=O)c1ccccc1)c1ccccc1. The van der Waals surface area contributed by atoms with Crippen LogP contribution in [0.5, 0.6) is 0 Å². The Labute approximate surface area is 128 Å². The van der Waals surface area contributed by atoms with Gasteiger partial charge in [-0.05, 0) is 12.1 Å². The van der Waals surface area contributed by atoms with Crippen molar-refractivity contribution in [2.45, 2.75) is 17.4 Å². The Morgan fingerprint density at radius 1 is 1.00 bits per heavy atom. The van der Waals surface area contributed by atoms with Crippen molar-refractivity contribution in [1.29, 1.82) is 0 Å². The van der Waals surface area contributed by atoms with Crippen LogP contribution in [0, 0.1) is 10.1 Å². The second kappa shape index (κ2) is 7.15. The highest BCUT2D eigenvalue weighted by Crippen LogP contribution is 2.21. The standard InChI is InChI=1S/C15H15NO5S/c17-16(18)15(13-7-3-1-4-8-13)11-12-21-22(19,20)14-9-5-2-6-10-14/h1-10,15H,11-12H2. The monoisotopic (exact) mass is 321 g/mol. The minimum atomic E-state index is -3.89. The first-order valence-electron chi connectivity index (χ1n) is 6.63. The van der Waals surface area contributed by atoms with E-state index in [0.29, 0.717) is 5.56 Å². The molecule has 2 rings (SSSR count). The van der Waals surface area contributed by atoms with E-state index in [1.165, 1.54) is 12.1 Å². The van der Waals surface area contributed by atoms with Crippen LogP contribution in [0.4, 0.5) is 0 Å². The minimum absolute atomic E-state index is 0.0247. The topological polar surface area (TPSA) is 86.5 Å². The molecule has 0 saturated carbocycles. The molecular formula is C15H15NO5S. The van der Waals surface area contributed by atoms with Gasteiger partial charge in [-0.25, -0.2) is 0 Å². The third-order valence-corrected chi connectivity index (χ3v) is 4.43. The van der Waals surface area contributed by atoms with Gasteiger partial charge in [0.2, 0.25) is 6.04 Å². The number of benzene rings is 2. The lowest BCUT2D eigenvalue weighted by Crippen LogP contribution is -2.15. The van der Waals surface area contributed by atoms with Crippen molar-refractivity contribution >= 4 is 10.1 Å². The van der Waals surface area contributed by atoms with E-state index < -0.39 is 21.1 Å². The summed E-state index contributed by atoms with van der Waals surface area (Å²) in [6.07, 6.45) is -0.0247. The summed E-state index contributed by atoms with van der Waals surface area (Å²) in [5.41, 5.74) is 0.521. The lowest BCUT2D eigenvalue weighted by atomic mass is 10.1. The minimum Gasteiger partial charge on any atom is -0.266 e. The molecule has 0 heterocycles. The van der Waals surface area contributed by atoms with Crippen LogP contribution in [0.2, 0.25) is 0 Å². The molecule has 22 heavy (non-hydrogen) atoms. The number of rotatable bonds is 7. The molecule has 0 amide bonds. The smallest absolute Gasteiger partial charge is 0.266 e. The Morgan fingerprint density at radius 3 is 2.09 bits per heavy atom. The maximum atomic E-state index is 11.9. The second-order valence-electron chi connectivity index (χ2n) is 4.59. The zero-order valence-electron chi connectivity index (χ0n) is 11.7. The van der Waals surface area contributed by atoms with Crippen LogP contribution >= 0.6 is 0 Å². The second-order valence-corrected chi connectivity index (χ2v) is 6.21. The average molecular weight is 321 g/mol. The van der Waals surface area contributed by atoms with E-state index in [2.05, 4.69) is 0 Å². The van der Waals surface area contributed by atoms with Crippen LogP contribution in [0.15, 0.2) is 65.6 Å². The molecule has 0 aliphatic heterocycles. The van der Waals surface area contributed by atoms with Crippen molar-refractivity contribution in [3.63, 3.8) is 0 Å². The fourth-order valence-corrected chi connectivity index (χ4v) is 2.94. The molecule has 116 valence electrons. The largest absolute Gasteiger partial charge is 0.296 e. The highest BCUT2D eigenvalue weighted by atomic mass is 32.2. The van der Waals surface area contributed by atoms with Crippen LogP contribution in [0.25, 0.3) is 0 Å². The van der Waals surface area contributed by atoms with Gasteiger partial charge in [-0.3, -0.25) is 14.3 Å². The summed E-state index contributed by atoms with van der Waals surface area (Å²) < 4.78 is 28.7. The number of hydrogen-bond acceptors (Lipinski definition) is 5. The molecule has 0 bridgehead atoms. The number of nitrogens with zero attached hydrogens (tertiary/aromatic N) is 1. The van der Waals surface area contributed by atoms with Crippen LogP contribution in [-0.2, 0) is 14.3 Å². The lowest BCUT2D eigenvalue weighted by Gasteiger charge is -2.10. The normalized spacial score (nSPS) is 12.7. The van der Waals surface area contributed by atoms with Crippen molar-refractivity contribution in [3.8, 4) is 0 Å². The van der Waals surface area contributed by atoms with Gasteiger partial charge >= 0.3 is 0 Å². The Balaban J connectivity index is 2.01. The maximum absolute atomic E-state index is 11.9. The predicted octanol–water partition coefficient (Wildman–Crippen LogP) is 2.80. The zero-order valence-corrected chi connectivity index (χ0v) is 12.5. The summed E-state index contributed by atoms with van der Waals surface area (Å²) in [6.45, 7) is -0.252. The molecule has 1 unspecified atom stereocenters. The summed E-state index contributed by atoms with van der Waals surface area (Å²) in [4.78, 5) is 10.7. The molecule has 0 aliphatic rings. The van der Waals surface area contributed by atoms with Gasteiger partial charge in [-0.2, -0.15) is 8.42 Å². The summed E-state index contributed by atoms with van der Waals surface area (Å²) >= 11 is 0. The van der Waals surface area contributed by atoms with Crippen molar-refractivity contribution in [1.82, 2.24) is 0 Å². The lowest BCUT2D eigenvalue weighted by molar-refractivity contribution is -0.530. The molecule has 0 N–H and O–H groups in total. The summed E-state index contributed by atoms with van der Waals surface area (Å²) in [7, 11) is -3.89. The zero-order chi connectivity index (χ0) is 16.0. The van der Waals surface area contributed by atoms with Gasteiger partial charge in [0.25, 0.3) is 10.1 Å². The van der Waals surface area contributed by atoms with Crippen molar-refractivity contribution in [3.05, 3.63) is 76.3 Å². The first-order chi connectivity index (χ1) is 10.5. The summed E-state index contributed by atoms with van der Waals surface area (Å²) in [6, 6.07) is 15.1. The first-order valence-corrected chi connectivity index (χ1v) is 8.04. The third kappa shape index (κ3) is 4.12. The van der Waals surface area contributed by atoms with Gasteiger partial charge in [0.1, 0.15) is 0 Å². The number of nitro groups is 1. The van der Waals surface area contributed by atoms with E-state index in [4.69, 9.17) is 4.18 Å². The molecule has 2 aromatic carbocycles. The molecule has 0 saturated heterocycles. The van der Waals surface area contributed by atoms with E-state index in [1.54, 1.807) is 48.5 Å². The van der Waals surface area contributed by atoms with E-state index in [9.17, 15) is 18.5 Å². The Kier molecular flexibility index (Phi) is 5.24. The fourth-order valence-electron chi connectivity index (χ4n) is 1.99. The van der Waals surface area contributed by atoms with E-state index in [0.717, 1.165) is 0 Å². The predicted molar refractivity (Wildman–Crippen MR) is 80.4 cm³/mol. The number of hydrogen-bond donors (Lipinski definition) is 0. The maximum Gasteiger partial charge on any atom is 0.296 e. The van der Waals surface area contributed by atoms with E-state index in [-0.39, 0.29) is 17.9 Å². The van der Waals surface area contributed by atoms with Gasteiger partial charge in [0.15, 0.2) is 0 Å². The van der Waals surface area contributed by atoms with Gasteiger partial charge in [0, 0.05) is 16.9 Å². The van der Waals surface area contributed by atoms with Crippen LogP contribution < -0.4 is 0 Å². The third-order valence-electron chi connectivity index (χ3n) is 3.10. The molecule has 7 heteroatoms. The quantitative estimate of drug-likeness (QED) is 0.444. The van der Waals surface area contributed by atoms with Crippen molar-refractivity contribution in [2.24, 2.45) is 0 Å². The Hall–Kier alpha value is -2.25. The van der Waals surface area contributed by atoms with E-state index >= 15 is 0 Å². The van der Waals surface area contributed by atoms with Crippen molar-refractivity contribution in [2.75, 3.05) is 6.61 Å². The fraction of sp³-hybridized carbons (Fsp3) is 0.200. The van der Waals surface area contributed by atoms with Crippen LogP contribution in [-0.4, -0.2) is 19.9 Å². The molecule has 0 aromatic heterocycles. The van der Waals surface area contributed by atoms with Gasteiger partial charge < -0.3 is 0 Å². The Morgan fingerprint density at radius 2 is 1.55 bits per heavy atom. The van der Waals surface area contributed by atoms with Gasteiger partial charge in [-0.1, -0.05) is 48.5 Å². The molecular weight excluding hydrogens is 306 g/mol. The highest BCUT2D eigenvalue weighted by Gasteiger charge is 2.24. The van der Waals surface area contributed by atoms with E-state index in [1.807, 2.05) is 0 Å². The first kappa shape index (κ1) is 16.1. The molecule has 1 atom stereocenters. The summed E-state index contributed by atoms with van der Waals surface area (Å²) in [5, 5.41) is 11.1. The van der Waals surface area contributed by atoms with Crippen LogP contribution in [0.3, 0.4) is 0 Å². The average Bonchev–Trinajstić information content (AvgIpc) is 2.53. The van der Waals surface area contributed by atoms with Gasteiger partial charge in [0.05, 0.1) is 11.5 Å².